The number of rotatable bonds is 4. The summed E-state index contributed by atoms with van der Waals surface area (Å²) in [7, 11) is 1.13. The molecule has 0 spiro atoms. The number of carbonyl (C=O) groups excluding carboxylic acids is 1. The highest BCUT2D eigenvalue weighted by Crippen LogP contribution is 2.38. The summed E-state index contributed by atoms with van der Waals surface area (Å²) in [6, 6.07) is 23.9. The lowest BCUT2D eigenvalue weighted by Gasteiger charge is -2.14. The minimum Gasteiger partial charge on any atom is -0.465 e. The Bertz CT molecular complexity index is 1360. The number of methoxy groups -OCH3 is 1. The molecule has 198 valence electrons. The van der Waals surface area contributed by atoms with Gasteiger partial charge in [0.1, 0.15) is 0 Å². The first kappa shape index (κ1) is 28.5. The van der Waals surface area contributed by atoms with Gasteiger partial charge in [-0.05, 0) is 46.0 Å². The zero-order chi connectivity index (χ0) is 27.9. The SMILES string of the molecule is COC(=O)c1ccc(-c2ccccc2)c(C(F)(F)F)c1.OCc1ccc(-c2ccccc2)c(C(F)(F)F)c1. The van der Waals surface area contributed by atoms with Crippen molar-refractivity contribution in [3.8, 4) is 22.3 Å². The Hall–Kier alpha value is -4.11. The van der Waals surface area contributed by atoms with E-state index >= 15 is 0 Å². The molecule has 0 saturated heterocycles. The summed E-state index contributed by atoms with van der Waals surface area (Å²) < 4.78 is 82.7. The average Bonchev–Trinajstić information content (AvgIpc) is 2.92. The lowest BCUT2D eigenvalue weighted by atomic mass is 9.97. The molecule has 0 bridgehead atoms. The van der Waals surface area contributed by atoms with Crippen LogP contribution in [0.25, 0.3) is 22.3 Å². The van der Waals surface area contributed by atoms with Gasteiger partial charge >= 0.3 is 18.3 Å². The van der Waals surface area contributed by atoms with Crippen molar-refractivity contribution in [2.24, 2.45) is 0 Å². The lowest BCUT2D eigenvalue weighted by molar-refractivity contribution is -0.138. The Balaban J connectivity index is 0.000000212. The molecular weight excluding hydrogens is 510 g/mol. The Kier molecular flexibility index (Phi) is 8.96. The van der Waals surface area contributed by atoms with Gasteiger partial charge in [-0.3, -0.25) is 0 Å². The van der Waals surface area contributed by atoms with Crippen LogP contribution in [-0.2, 0) is 23.7 Å². The van der Waals surface area contributed by atoms with Gasteiger partial charge in [0.2, 0.25) is 0 Å². The van der Waals surface area contributed by atoms with Gasteiger partial charge in [-0.15, -0.1) is 0 Å². The maximum absolute atomic E-state index is 13.1. The number of hydrogen-bond acceptors (Lipinski definition) is 3. The summed E-state index contributed by atoms with van der Waals surface area (Å²) in [5.41, 5.74) is -0.343. The number of aliphatic hydroxyl groups excluding tert-OH is 1. The van der Waals surface area contributed by atoms with Crippen molar-refractivity contribution in [1.29, 1.82) is 0 Å². The Morgan fingerprint density at radius 3 is 1.55 bits per heavy atom. The summed E-state index contributed by atoms with van der Waals surface area (Å²) in [5.74, 6) is -0.796. The molecule has 0 aliphatic heterocycles. The molecule has 0 amide bonds. The number of ether oxygens (including phenoxy) is 1. The molecule has 9 heteroatoms. The number of esters is 1. The predicted octanol–water partition coefficient (Wildman–Crippen LogP) is 8.02. The van der Waals surface area contributed by atoms with E-state index in [0.29, 0.717) is 11.1 Å². The van der Waals surface area contributed by atoms with E-state index in [0.717, 1.165) is 19.2 Å². The molecule has 3 nitrogen and oxygen atoms in total. The fourth-order valence-corrected chi connectivity index (χ4v) is 3.69. The fourth-order valence-electron chi connectivity index (χ4n) is 3.69. The van der Waals surface area contributed by atoms with Crippen LogP contribution in [0.4, 0.5) is 26.3 Å². The minimum absolute atomic E-state index is 0.0331. The van der Waals surface area contributed by atoms with Gasteiger partial charge < -0.3 is 9.84 Å². The van der Waals surface area contributed by atoms with Gasteiger partial charge in [-0.25, -0.2) is 4.79 Å². The summed E-state index contributed by atoms with van der Waals surface area (Å²) >= 11 is 0. The average molecular weight is 532 g/mol. The van der Waals surface area contributed by atoms with Gasteiger partial charge in [-0.2, -0.15) is 26.3 Å². The second-order valence-corrected chi connectivity index (χ2v) is 8.02. The number of aliphatic hydroxyl groups is 1. The summed E-state index contributed by atoms with van der Waals surface area (Å²) in [6.45, 7) is -0.405. The van der Waals surface area contributed by atoms with Crippen molar-refractivity contribution < 1.29 is 41.0 Å². The molecule has 0 aromatic heterocycles. The number of benzene rings is 4. The highest BCUT2D eigenvalue weighted by Gasteiger charge is 2.35. The van der Waals surface area contributed by atoms with Crippen molar-refractivity contribution in [3.63, 3.8) is 0 Å². The molecule has 0 atom stereocenters. The van der Waals surface area contributed by atoms with E-state index in [1.165, 1.54) is 24.3 Å². The molecule has 0 heterocycles. The van der Waals surface area contributed by atoms with Crippen molar-refractivity contribution in [3.05, 3.63) is 119 Å². The topological polar surface area (TPSA) is 46.5 Å². The van der Waals surface area contributed by atoms with Crippen LogP contribution in [0.2, 0.25) is 0 Å². The molecule has 4 aromatic carbocycles. The normalized spacial score (nSPS) is 11.4. The van der Waals surface area contributed by atoms with Crippen LogP contribution >= 0.6 is 0 Å². The summed E-state index contributed by atoms with van der Waals surface area (Å²) in [4.78, 5) is 11.4. The molecule has 0 saturated carbocycles. The van der Waals surface area contributed by atoms with Crippen molar-refractivity contribution in [2.75, 3.05) is 7.11 Å². The fraction of sp³-hybridized carbons (Fsp3) is 0.138. The van der Waals surface area contributed by atoms with E-state index in [4.69, 9.17) is 5.11 Å². The molecular formula is C29H22F6O3. The van der Waals surface area contributed by atoms with Gasteiger partial charge in [-0.1, -0.05) is 78.9 Å². The standard InChI is InChI=1S/C15H11F3O2.C14H11F3O/c1-20-14(19)11-7-8-12(10-5-3-2-4-6-10)13(9-11)15(16,17)18;15-14(16,17)13-8-10(9-18)6-7-12(13)11-4-2-1-3-5-11/h2-9H,1H3;1-8,18H,9H2. The maximum atomic E-state index is 13.1. The molecule has 4 rings (SSSR count). The number of halogens is 6. The Morgan fingerprint density at radius 1 is 0.684 bits per heavy atom. The van der Waals surface area contributed by atoms with Gasteiger partial charge in [0.25, 0.3) is 0 Å². The third kappa shape index (κ3) is 7.01. The van der Waals surface area contributed by atoms with Crippen LogP contribution in [0.15, 0.2) is 97.1 Å². The quantitative estimate of drug-likeness (QED) is 0.214. The highest BCUT2D eigenvalue weighted by atomic mass is 19.4. The molecule has 0 radical (unpaired) electrons. The van der Waals surface area contributed by atoms with Crippen LogP contribution < -0.4 is 0 Å². The van der Waals surface area contributed by atoms with E-state index in [9.17, 15) is 31.1 Å². The second kappa shape index (κ2) is 12.0. The minimum atomic E-state index is -4.55. The number of alkyl halides is 6. The van der Waals surface area contributed by atoms with Crippen LogP contribution in [0.5, 0.6) is 0 Å². The van der Waals surface area contributed by atoms with Gasteiger partial charge in [0.15, 0.2) is 0 Å². The van der Waals surface area contributed by atoms with E-state index in [1.807, 2.05) is 0 Å². The first-order chi connectivity index (χ1) is 18.0. The molecule has 0 aliphatic rings. The molecule has 0 unspecified atom stereocenters. The first-order valence-electron chi connectivity index (χ1n) is 11.2. The van der Waals surface area contributed by atoms with Gasteiger partial charge in [0.05, 0.1) is 30.4 Å². The zero-order valence-corrected chi connectivity index (χ0v) is 20.0. The Morgan fingerprint density at radius 2 is 1.13 bits per heavy atom. The van der Waals surface area contributed by atoms with E-state index < -0.39 is 36.1 Å². The molecule has 0 aliphatic carbocycles. The molecule has 38 heavy (non-hydrogen) atoms. The Labute approximate surface area is 214 Å². The van der Waals surface area contributed by atoms with E-state index in [1.54, 1.807) is 60.7 Å². The number of carbonyl (C=O) groups is 1. The summed E-state index contributed by atoms with van der Waals surface area (Å²) in [6.07, 6.45) is -8.98. The van der Waals surface area contributed by atoms with Crippen molar-refractivity contribution in [1.82, 2.24) is 0 Å². The first-order valence-corrected chi connectivity index (χ1v) is 11.2. The summed E-state index contributed by atoms with van der Waals surface area (Å²) in [5, 5.41) is 8.92. The highest BCUT2D eigenvalue weighted by molar-refractivity contribution is 5.90. The van der Waals surface area contributed by atoms with Crippen LogP contribution in [0.1, 0.15) is 27.0 Å². The molecule has 0 fully saturated rings. The predicted molar refractivity (Wildman–Crippen MR) is 131 cm³/mol. The second-order valence-electron chi connectivity index (χ2n) is 8.02. The number of hydrogen-bond donors (Lipinski definition) is 1. The van der Waals surface area contributed by atoms with E-state index in [-0.39, 0.29) is 22.3 Å². The van der Waals surface area contributed by atoms with Crippen LogP contribution in [0, 0.1) is 0 Å². The zero-order valence-electron chi connectivity index (χ0n) is 20.0. The largest absolute Gasteiger partial charge is 0.465 e. The monoisotopic (exact) mass is 532 g/mol. The molecule has 4 aromatic rings. The molecule has 1 N–H and O–H groups in total. The lowest BCUT2D eigenvalue weighted by Crippen LogP contribution is -2.10. The van der Waals surface area contributed by atoms with Crippen molar-refractivity contribution in [2.45, 2.75) is 19.0 Å². The van der Waals surface area contributed by atoms with Crippen molar-refractivity contribution >= 4 is 5.97 Å². The maximum Gasteiger partial charge on any atom is 0.417 e. The van der Waals surface area contributed by atoms with Crippen LogP contribution in [-0.4, -0.2) is 18.2 Å². The third-order valence-electron chi connectivity index (χ3n) is 5.49. The smallest absolute Gasteiger partial charge is 0.417 e. The van der Waals surface area contributed by atoms with E-state index in [2.05, 4.69) is 4.74 Å². The third-order valence-corrected chi connectivity index (χ3v) is 5.49. The van der Waals surface area contributed by atoms with Gasteiger partial charge in [0, 0.05) is 0 Å². The van der Waals surface area contributed by atoms with Crippen LogP contribution in [0.3, 0.4) is 0 Å².